The summed E-state index contributed by atoms with van der Waals surface area (Å²) in [7, 11) is 0. The summed E-state index contributed by atoms with van der Waals surface area (Å²) in [5.74, 6) is 1.45. The van der Waals surface area contributed by atoms with Crippen LogP contribution in [0.2, 0.25) is 0 Å². The van der Waals surface area contributed by atoms with Crippen molar-refractivity contribution in [3.8, 4) is 0 Å². The van der Waals surface area contributed by atoms with Crippen LogP contribution in [-0.4, -0.2) is 44.2 Å². The van der Waals surface area contributed by atoms with Crippen molar-refractivity contribution in [2.75, 3.05) is 31.6 Å². The van der Waals surface area contributed by atoms with E-state index in [4.69, 9.17) is 9.73 Å². The monoisotopic (exact) mass is 502 g/mol. The Morgan fingerprint density at radius 2 is 2.04 bits per heavy atom. The quantitative estimate of drug-likeness (QED) is 0.273. The summed E-state index contributed by atoms with van der Waals surface area (Å²) in [4.78, 5) is 16.7. The minimum absolute atomic E-state index is 0. The number of benzene rings is 1. The van der Waals surface area contributed by atoms with Gasteiger partial charge in [0.2, 0.25) is 5.91 Å². The van der Waals surface area contributed by atoms with Crippen molar-refractivity contribution in [3.05, 3.63) is 29.8 Å². The molecule has 0 aliphatic carbocycles. The van der Waals surface area contributed by atoms with Gasteiger partial charge in [-0.1, -0.05) is 32.0 Å². The number of hydrogen-bond acceptors (Lipinski definition) is 3. The highest BCUT2D eigenvalue weighted by atomic mass is 127. The molecule has 0 bridgehead atoms. The second-order valence-electron chi connectivity index (χ2n) is 7.21. The number of carbonyl (C=O) groups is 1. The minimum Gasteiger partial charge on any atom is -0.378 e. The predicted molar refractivity (Wildman–Crippen MR) is 127 cm³/mol. The van der Waals surface area contributed by atoms with Crippen molar-refractivity contribution in [3.63, 3.8) is 0 Å². The van der Waals surface area contributed by atoms with Gasteiger partial charge in [-0.25, -0.2) is 0 Å². The summed E-state index contributed by atoms with van der Waals surface area (Å²) in [5, 5.41) is 9.63. The predicted octanol–water partition coefficient (Wildman–Crippen LogP) is 3.74. The van der Waals surface area contributed by atoms with Crippen LogP contribution < -0.4 is 16.0 Å². The number of guanidine groups is 1. The lowest BCUT2D eigenvalue weighted by molar-refractivity contribution is -0.116. The number of hydrogen-bond donors (Lipinski definition) is 3. The molecule has 1 aromatic carbocycles. The summed E-state index contributed by atoms with van der Waals surface area (Å²) in [6, 6.07) is 7.98. The van der Waals surface area contributed by atoms with Crippen molar-refractivity contribution in [2.45, 2.75) is 52.6 Å². The molecule has 0 radical (unpaired) electrons. The fourth-order valence-electron chi connectivity index (χ4n) is 3.36. The van der Waals surface area contributed by atoms with Gasteiger partial charge in [0, 0.05) is 37.7 Å². The van der Waals surface area contributed by atoms with Crippen LogP contribution >= 0.6 is 24.0 Å². The van der Waals surface area contributed by atoms with Crippen LogP contribution in [0.5, 0.6) is 0 Å². The number of rotatable bonds is 9. The number of nitrogens with zero attached hydrogens (tertiary/aromatic N) is 1. The Hall–Kier alpha value is -1.35. The first-order valence-electron chi connectivity index (χ1n) is 10.1. The molecular weight excluding hydrogens is 467 g/mol. The molecule has 3 N–H and O–H groups in total. The minimum atomic E-state index is 0. The molecule has 1 aromatic rings. The number of ether oxygens (including phenoxy) is 1. The molecular formula is C21H35IN4O2. The van der Waals surface area contributed by atoms with E-state index in [0.717, 1.165) is 43.3 Å². The third-order valence-corrected chi connectivity index (χ3v) is 4.77. The summed E-state index contributed by atoms with van der Waals surface area (Å²) < 4.78 is 5.81. The molecule has 7 heteroatoms. The Kier molecular flexibility index (Phi) is 11.4. The van der Waals surface area contributed by atoms with Crippen LogP contribution in [-0.2, 0) is 9.53 Å². The fraction of sp³-hybridized carbons (Fsp3) is 0.619. The van der Waals surface area contributed by atoms with Gasteiger partial charge in [-0.3, -0.25) is 9.79 Å². The Bertz CT molecular complexity index is 637. The van der Waals surface area contributed by atoms with Crippen LogP contribution in [0, 0.1) is 5.92 Å². The SMILES string of the molecule is CCNC(=NCC1CC(=O)Nc2ccccc21)NCCC(OCC)C(C)C.I. The molecule has 0 fully saturated rings. The summed E-state index contributed by atoms with van der Waals surface area (Å²) in [6.07, 6.45) is 1.66. The van der Waals surface area contributed by atoms with Crippen LogP contribution in [0.25, 0.3) is 0 Å². The Labute approximate surface area is 186 Å². The van der Waals surface area contributed by atoms with E-state index in [1.807, 2.05) is 25.1 Å². The fourth-order valence-corrected chi connectivity index (χ4v) is 3.36. The van der Waals surface area contributed by atoms with Crippen LogP contribution in [0.15, 0.2) is 29.3 Å². The van der Waals surface area contributed by atoms with Gasteiger partial charge in [0.15, 0.2) is 5.96 Å². The van der Waals surface area contributed by atoms with Gasteiger partial charge >= 0.3 is 0 Å². The number of fused-ring (bicyclic) bond motifs is 1. The van der Waals surface area contributed by atoms with E-state index in [2.05, 4.69) is 42.8 Å². The first kappa shape index (κ1) is 24.7. The highest BCUT2D eigenvalue weighted by molar-refractivity contribution is 14.0. The zero-order chi connectivity index (χ0) is 19.6. The highest BCUT2D eigenvalue weighted by Crippen LogP contribution is 2.31. The molecule has 1 aliphatic heterocycles. The lowest BCUT2D eigenvalue weighted by Gasteiger charge is -2.25. The van der Waals surface area contributed by atoms with Crippen molar-refractivity contribution in [1.29, 1.82) is 0 Å². The molecule has 0 aromatic heterocycles. The maximum atomic E-state index is 12.0. The normalized spacial score (nSPS) is 17.4. The second kappa shape index (κ2) is 13.0. The lowest BCUT2D eigenvalue weighted by atomic mass is 9.91. The van der Waals surface area contributed by atoms with Gasteiger partial charge < -0.3 is 20.7 Å². The van der Waals surface area contributed by atoms with Crippen molar-refractivity contribution in [2.24, 2.45) is 10.9 Å². The van der Waals surface area contributed by atoms with Gasteiger partial charge in [-0.2, -0.15) is 0 Å². The highest BCUT2D eigenvalue weighted by Gasteiger charge is 2.24. The Balaban J connectivity index is 0.00000392. The number of carbonyl (C=O) groups excluding carboxylic acids is 1. The standard InChI is InChI=1S/C21H34N4O2.HI/c1-5-22-21(23-12-11-19(15(3)4)27-6-2)24-14-16-13-20(26)25-18-10-8-7-9-17(16)18;/h7-10,15-16,19H,5-6,11-14H2,1-4H3,(H,25,26)(H2,22,23,24);1H. The third-order valence-electron chi connectivity index (χ3n) is 4.77. The van der Waals surface area contributed by atoms with E-state index in [9.17, 15) is 4.79 Å². The van der Waals surface area contributed by atoms with E-state index < -0.39 is 0 Å². The maximum Gasteiger partial charge on any atom is 0.225 e. The third kappa shape index (κ3) is 7.58. The van der Waals surface area contributed by atoms with Gasteiger partial charge in [-0.15, -0.1) is 24.0 Å². The zero-order valence-corrected chi connectivity index (χ0v) is 19.8. The molecule has 2 atom stereocenters. The molecule has 0 spiro atoms. The lowest BCUT2D eigenvalue weighted by Crippen LogP contribution is -2.39. The summed E-state index contributed by atoms with van der Waals surface area (Å²) in [5.41, 5.74) is 2.07. The van der Waals surface area contributed by atoms with E-state index in [1.54, 1.807) is 0 Å². The Morgan fingerprint density at radius 3 is 2.71 bits per heavy atom. The zero-order valence-electron chi connectivity index (χ0n) is 17.5. The summed E-state index contributed by atoms with van der Waals surface area (Å²) >= 11 is 0. The van der Waals surface area contributed by atoms with Crippen molar-refractivity contribution in [1.82, 2.24) is 10.6 Å². The largest absolute Gasteiger partial charge is 0.378 e. The van der Waals surface area contributed by atoms with Gasteiger partial charge in [0.05, 0.1) is 12.6 Å². The van der Waals surface area contributed by atoms with E-state index >= 15 is 0 Å². The molecule has 2 rings (SSSR count). The second-order valence-corrected chi connectivity index (χ2v) is 7.21. The van der Waals surface area contributed by atoms with E-state index in [0.29, 0.717) is 18.9 Å². The molecule has 28 heavy (non-hydrogen) atoms. The summed E-state index contributed by atoms with van der Waals surface area (Å²) in [6.45, 7) is 11.4. The smallest absolute Gasteiger partial charge is 0.225 e. The molecule has 1 heterocycles. The molecule has 0 saturated carbocycles. The van der Waals surface area contributed by atoms with Crippen LogP contribution in [0.3, 0.4) is 0 Å². The van der Waals surface area contributed by atoms with Gasteiger partial charge in [-0.05, 0) is 37.8 Å². The van der Waals surface area contributed by atoms with Gasteiger partial charge in [0.25, 0.3) is 0 Å². The number of amides is 1. The average molecular weight is 502 g/mol. The number of para-hydroxylation sites is 1. The molecule has 0 saturated heterocycles. The van der Waals surface area contributed by atoms with Crippen LogP contribution in [0.4, 0.5) is 5.69 Å². The van der Waals surface area contributed by atoms with Crippen molar-refractivity contribution >= 4 is 41.5 Å². The number of halogens is 1. The molecule has 6 nitrogen and oxygen atoms in total. The first-order valence-corrected chi connectivity index (χ1v) is 10.1. The van der Waals surface area contributed by atoms with Crippen LogP contribution in [0.1, 0.15) is 52.0 Å². The molecule has 2 unspecified atom stereocenters. The van der Waals surface area contributed by atoms with E-state index in [-0.39, 0.29) is 41.9 Å². The number of anilines is 1. The Morgan fingerprint density at radius 1 is 1.29 bits per heavy atom. The first-order chi connectivity index (χ1) is 13.0. The number of nitrogens with one attached hydrogen (secondary N) is 3. The molecule has 158 valence electrons. The average Bonchev–Trinajstić information content (AvgIpc) is 2.64. The van der Waals surface area contributed by atoms with Gasteiger partial charge in [0.1, 0.15) is 0 Å². The molecule has 1 aliphatic rings. The van der Waals surface area contributed by atoms with E-state index in [1.165, 1.54) is 0 Å². The molecule has 1 amide bonds. The number of aliphatic imine (C=N–C) groups is 1. The maximum absolute atomic E-state index is 12.0. The van der Waals surface area contributed by atoms with Crippen molar-refractivity contribution < 1.29 is 9.53 Å². The topological polar surface area (TPSA) is 74.8 Å².